The van der Waals surface area contributed by atoms with E-state index in [0.29, 0.717) is 29.6 Å². The predicted octanol–water partition coefficient (Wildman–Crippen LogP) is 3.40. The van der Waals surface area contributed by atoms with Gasteiger partial charge >= 0.3 is 7.15 Å². The Morgan fingerprint density at radius 3 is 2.84 bits per heavy atom. The number of rotatable bonds is 8. The molecule has 8 heteroatoms. The zero-order chi connectivity index (χ0) is 14.3. The molecule has 0 fully saturated rings. The molecule has 0 saturated heterocycles. The number of halogens is 2. The molecule has 0 saturated carbocycles. The maximum atomic E-state index is 12.5. The van der Waals surface area contributed by atoms with E-state index in [1.54, 1.807) is 25.1 Å². The van der Waals surface area contributed by atoms with Crippen molar-refractivity contribution < 1.29 is 19.0 Å². The number of hydrogen-bond donors (Lipinski definition) is 0. The van der Waals surface area contributed by atoms with E-state index in [9.17, 15) is 4.89 Å². The quantitative estimate of drug-likeness (QED) is 0.388. The SMILES string of the molecule is CCO[P+]([O-])(Oc1ccc(Br)cc1Cl)SCCC[OH2+]. The molecule has 19 heavy (non-hydrogen) atoms. The van der Waals surface area contributed by atoms with Crippen LogP contribution in [0.3, 0.4) is 0 Å². The van der Waals surface area contributed by atoms with Gasteiger partial charge < -0.3 is 14.5 Å². The number of hydrogen-bond acceptors (Lipinski definition) is 4. The Kier molecular flexibility index (Phi) is 7.99. The highest BCUT2D eigenvalue weighted by Gasteiger charge is 2.34. The van der Waals surface area contributed by atoms with Crippen LogP contribution in [0.15, 0.2) is 22.7 Å². The molecular weight excluding hydrogens is 375 g/mol. The normalized spacial score (nSPS) is 14.2. The van der Waals surface area contributed by atoms with Crippen molar-refractivity contribution in [3.05, 3.63) is 27.7 Å². The highest BCUT2D eigenvalue weighted by atomic mass is 79.9. The minimum atomic E-state index is -3.28. The van der Waals surface area contributed by atoms with Crippen LogP contribution in [0.25, 0.3) is 0 Å². The molecule has 0 aliphatic carbocycles. The summed E-state index contributed by atoms with van der Waals surface area (Å²) in [5, 5.41) is 7.45. The lowest BCUT2D eigenvalue weighted by molar-refractivity contribution is -0.200. The fourth-order valence-electron chi connectivity index (χ4n) is 1.17. The molecule has 1 aromatic carbocycles. The first-order valence-corrected chi connectivity index (χ1v) is 9.99. The van der Waals surface area contributed by atoms with Crippen LogP contribution in [-0.2, 0) is 4.52 Å². The lowest BCUT2D eigenvalue weighted by atomic mass is 10.3. The molecule has 2 N–H and O–H groups in total. The Morgan fingerprint density at radius 2 is 2.26 bits per heavy atom. The van der Waals surface area contributed by atoms with Crippen molar-refractivity contribution in [2.45, 2.75) is 13.3 Å². The molecule has 1 atom stereocenters. The summed E-state index contributed by atoms with van der Waals surface area (Å²) in [5.74, 6) is 0.884. The van der Waals surface area contributed by atoms with Gasteiger partial charge in [0, 0.05) is 16.6 Å². The highest BCUT2D eigenvalue weighted by Crippen LogP contribution is 2.64. The van der Waals surface area contributed by atoms with Crippen molar-refractivity contribution in [1.29, 1.82) is 0 Å². The molecule has 1 rings (SSSR count). The van der Waals surface area contributed by atoms with Gasteiger partial charge in [-0.25, -0.2) is 0 Å². The Bertz CT molecular complexity index is 412. The van der Waals surface area contributed by atoms with Crippen LogP contribution in [0.4, 0.5) is 0 Å². The summed E-state index contributed by atoms with van der Waals surface area (Å²) in [6.45, 7) is 2.34. The van der Waals surface area contributed by atoms with Crippen molar-refractivity contribution in [3.8, 4) is 5.75 Å². The standard InChI is InChI=1S/C11H15BrClO4PS/c1-2-16-18(15,19-7-3-6-14)17-11-5-4-9(12)8-10(11)13/h4-5,8,14H,2-3,6-7H2,1H3/p+1. The van der Waals surface area contributed by atoms with Crippen molar-refractivity contribution in [3.63, 3.8) is 0 Å². The molecule has 0 aliphatic heterocycles. The van der Waals surface area contributed by atoms with E-state index in [1.165, 1.54) is 0 Å². The van der Waals surface area contributed by atoms with E-state index in [-0.39, 0.29) is 6.61 Å². The molecular formula is C11H16BrClO4PS+. The van der Waals surface area contributed by atoms with Gasteiger partial charge in [0.1, 0.15) is 6.61 Å². The predicted molar refractivity (Wildman–Crippen MR) is 83.9 cm³/mol. The summed E-state index contributed by atoms with van der Waals surface area (Å²) in [6.07, 6.45) is 0.638. The van der Waals surface area contributed by atoms with Crippen LogP contribution in [0.2, 0.25) is 5.02 Å². The van der Waals surface area contributed by atoms with E-state index in [2.05, 4.69) is 15.9 Å². The van der Waals surface area contributed by atoms with Gasteiger partial charge in [0.2, 0.25) is 0 Å². The summed E-state index contributed by atoms with van der Waals surface area (Å²) < 4.78 is 11.5. The van der Waals surface area contributed by atoms with Crippen LogP contribution in [0, 0.1) is 0 Å². The Labute approximate surface area is 130 Å². The second kappa shape index (κ2) is 8.67. The fraction of sp³-hybridized carbons (Fsp3) is 0.455. The minimum absolute atomic E-state index is 0.290. The average Bonchev–Trinajstić information content (AvgIpc) is 2.34. The van der Waals surface area contributed by atoms with Crippen molar-refractivity contribution in [1.82, 2.24) is 0 Å². The van der Waals surface area contributed by atoms with Gasteiger partial charge in [0.15, 0.2) is 5.75 Å². The zero-order valence-electron chi connectivity index (χ0n) is 10.4. The van der Waals surface area contributed by atoms with Gasteiger partial charge in [0.25, 0.3) is 0 Å². The van der Waals surface area contributed by atoms with Crippen LogP contribution < -0.4 is 9.42 Å². The molecule has 108 valence electrons. The lowest BCUT2D eigenvalue weighted by Crippen LogP contribution is -2.16. The van der Waals surface area contributed by atoms with Gasteiger partial charge in [-0.1, -0.05) is 27.5 Å². The third-order valence-electron chi connectivity index (χ3n) is 1.96. The van der Waals surface area contributed by atoms with E-state index >= 15 is 0 Å². The van der Waals surface area contributed by atoms with E-state index in [0.717, 1.165) is 15.9 Å². The third kappa shape index (κ3) is 6.17. The van der Waals surface area contributed by atoms with E-state index in [4.69, 9.17) is 25.8 Å². The van der Waals surface area contributed by atoms with Crippen LogP contribution >= 0.6 is 46.1 Å². The van der Waals surface area contributed by atoms with Crippen molar-refractivity contribution in [2.75, 3.05) is 19.0 Å². The molecule has 0 radical (unpaired) electrons. The van der Waals surface area contributed by atoms with Gasteiger partial charge in [-0.05, 0) is 25.1 Å². The summed E-state index contributed by atoms with van der Waals surface area (Å²) in [6, 6.07) is 5.07. The van der Waals surface area contributed by atoms with Gasteiger partial charge in [0.05, 0.1) is 23.0 Å². The number of benzene rings is 1. The topological polar surface area (TPSA) is 64.4 Å². The minimum Gasteiger partial charge on any atom is -0.614 e. The molecule has 0 bridgehead atoms. The first-order valence-electron chi connectivity index (χ1n) is 5.69. The van der Waals surface area contributed by atoms with E-state index in [1.807, 2.05) is 0 Å². The average molecular weight is 391 g/mol. The fourth-order valence-corrected chi connectivity index (χ4v) is 5.32. The molecule has 0 aromatic heterocycles. The van der Waals surface area contributed by atoms with Gasteiger partial charge in [-0.3, -0.25) is 0 Å². The zero-order valence-corrected chi connectivity index (χ0v) is 14.4. The maximum Gasteiger partial charge on any atom is 0.346 e. The highest BCUT2D eigenvalue weighted by molar-refractivity contribution is 9.10. The Morgan fingerprint density at radius 1 is 1.53 bits per heavy atom. The Balaban J connectivity index is 2.75. The summed E-state index contributed by atoms with van der Waals surface area (Å²) in [5.41, 5.74) is 0. The molecule has 0 heterocycles. The molecule has 1 unspecified atom stereocenters. The second-order valence-electron chi connectivity index (χ2n) is 3.47. The molecule has 0 aliphatic rings. The summed E-state index contributed by atoms with van der Waals surface area (Å²) in [7, 11) is -3.28. The summed E-state index contributed by atoms with van der Waals surface area (Å²) >= 11 is 10.4. The first-order chi connectivity index (χ1) is 9.00. The summed E-state index contributed by atoms with van der Waals surface area (Å²) in [4.78, 5) is 12.5. The Hall–Kier alpha value is 0.450. The van der Waals surface area contributed by atoms with Crippen molar-refractivity contribution >= 4 is 46.1 Å². The monoisotopic (exact) mass is 389 g/mol. The van der Waals surface area contributed by atoms with Gasteiger partial charge in [-0.15, -0.1) is 0 Å². The third-order valence-corrected chi connectivity index (χ3v) is 6.57. The van der Waals surface area contributed by atoms with E-state index < -0.39 is 7.15 Å². The largest absolute Gasteiger partial charge is 0.614 e. The van der Waals surface area contributed by atoms with Gasteiger partial charge in [-0.2, -0.15) is 4.52 Å². The molecule has 0 amide bonds. The second-order valence-corrected chi connectivity index (χ2v) is 8.91. The molecule has 1 aromatic rings. The smallest absolute Gasteiger partial charge is 0.346 e. The molecule has 0 spiro atoms. The van der Waals surface area contributed by atoms with Crippen molar-refractivity contribution in [2.24, 2.45) is 0 Å². The van der Waals surface area contributed by atoms with Crippen LogP contribution in [0.1, 0.15) is 13.3 Å². The van der Waals surface area contributed by atoms with Crippen LogP contribution in [0.5, 0.6) is 5.75 Å². The van der Waals surface area contributed by atoms with Crippen LogP contribution in [-0.4, -0.2) is 24.1 Å². The lowest BCUT2D eigenvalue weighted by Gasteiger charge is -2.25. The molecule has 4 nitrogen and oxygen atoms in total. The maximum absolute atomic E-state index is 12.5. The first kappa shape index (κ1) is 17.5.